The molecule has 0 aliphatic carbocycles. The van der Waals surface area contributed by atoms with E-state index in [0.29, 0.717) is 35.9 Å². The third-order valence-corrected chi connectivity index (χ3v) is 4.73. The second-order valence-electron chi connectivity index (χ2n) is 7.01. The van der Waals surface area contributed by atoms with Crippen LogP contribution in [0.3, 0.4) is 0 Å². The van der Waals surface area contributed by atoms with Gasteiger partial charge in [0.25, 0.3) is 0 Å². The Bertz CT molecular complexity index is 1150. The number of rotatable bonds is 9. The molecular weight excluding hydrogens is 397 g/mol. The van der Waals surface area contributed by atoms with Gasteiger partial charge in [-0.1, -0.05) is 30.3 Å². The van der Waals surface area contributed by atoms with Crippen molar-refractivity contribution in [2.45, 2.75) is 19.3 Å². The molecule has 158 valence electrons. The van der Waals surface area contributed by atoms with Gasteiger partial charge in [-0.2, -0.15) is 4.52 Å². The van der Waals surface area contributed by atoms with Gasteiger partial charge in [-0.25, -0.2) is 4.39 Å². The summed E-state index contributed by atoms with van der Waals surface area (Å²) in [5.41, 5.74) is 2.48. The van der Waals surface area contributed by atoms with Gasteiger partial charge >= 0.3 is 0 Å². The highest BCUT2D eigenvalue weighted by Gasteiger charge is 2.11. The lowest BCUT2D eigenvalue weighted by Crippen LogP contribution is -2.28. The van der Waals surface area contributed by atoms with E-state index >= 15 is 0 Å². The Morgan fingerprint density at radius 1 is 1.00 bits per heavy atom. The van der Waals surface area contributed by atoms with Crippen molar-refractivity contribution in [2.24, 2.45) is 0 Å². The number of carbonyl (C=O) groups is 1. The number of hydrogen-bond acceptors (Lipinski definition) is 5. The quantitative estimate of drug-likeness (QED) is 0.420. The largest absolute Gasteiger partial charge is 0.475 e. The van der Waals surface area contributed by atoms with Gasteiger partial charge in [-0.05, 0) is 48.7 Å². The van der Waals surface area contributed by atoms with E-state index in [2.05, 4.69) is 32.7 Å². The summed E-state index contributed by atoms with van der Waals surface area (Å²) in [5.74, 6) is 0.554. The maximum Gasteiger partial charge on any atom is 0.231 e. The van der Waals surface area contributed by atoms with Crippen LogP contribution in [-0.2, 0) is 11.2 Å². The van der Waals surface area contributed by atoms with Gasteiger partial charge in [-0.15, -0.1) is 15.3 Å². The van der Waals surface area contributed by atoms with E-state index in [0.717, 1.165) is 12.8 Å². The molecule has 4 rings (SSSR count). The molecule has 0 bridgehead atoms. The summed E-state index contributed by atoms with van der Waals surface area (Å²) in [5, 5.41) is 15.4. The minimum Gasteiger partial charge on any atom is -0.475 e. The van der Waals surface area contributed by atoms with Gasteiger partial charge in [0.15, 0.2) is 11.5 Å². The summed E-state index contributed by atoms with van der Waals surface area (Å²) < 4.78 is 20.4. The Balaban J connectivity index is 1.26. The minimum absolute atomic E-state index is 0.000322. The Morgan fingerprint density at radius 2 is 1.81 bits per heavy atom. The molecule has 0 atom stereocenters. The number of nitrogens with zero attached hydrogens (tertiary/aromatic N) is 4. The first-order chi connectivity index (χ1) is 15.2. The highest BCUT2D eigenvalue weighted by Crippen LogP contribution is 2.19. The van der Waals surface area contributed by atoms with Gasteiger partial charge in [-0.3, -0.25) is 4.79 Å². The Kier molecular flexibility index (Phi) is 6.47. The van der Waals surface area contributed by atoms with E-state index in [-0.39, 0.29) is 18.3 Å². The molecule has 2 aromatic heterocycles. The molecule has 0 aliphatic rings. The van der Waals surface area contributed by atoms with Crippen molar-refractivity contribution < 1.29 is 13.9 Å². The number of hydrogen-bond donors (Lipinski definition) is 1. The Labute approximate surface area is 178 Å². The molecule has 0 aliphatic heterocycles. The van der Waals surface area contributed by atoms with Gasteiger partial charge in [0.2, 0.25) is 11.8 Å². The van der Waals surface area contributed by atoms with E-state index in [1.54, 1.807) is 28.8 Å². The molecule has 2 aromatic carbocycles. The van der Waals surface area contributed by atoms with Crippen molar-refractivity contribution in [1.29, 1.82) is 0 Å². The number of fused-ring (bicyclic) bond motifs is 1. The summed E-state index contributed by atoms with van der Waals surface area (Å²) in [6.45, 7) is 0.674. The number of halogens is 1. The van der Waals surface area contributed by atoms with E-state index in [1.807, 2.05) is 18.2 Å². The molecule has 0 saturated heterocycles. The summed E-state index contributed by atoms with van der Waals surface area (Å²) in [4.78, 5) is 12.0. The van der Waals surface area contributed by atoms with Gasteiger partial charge in [0, 0.05) is 18.1 Å². The predicted molar refractivity (Wildman–Crippen MR) is 114 cm³/mol. The average Bonchev–Trinajstić information content (AvgIpc) is 3.21. The van der Waals surface area contributed by atoms with Crippen LogP contribution in [0.25, 0.3) is 17.0 Å². The van der Waals surface area contributed by atoms with E-state index in [1.165, 1.54) is 17.7 Å². The fraction of sp³-hybridized carbons (Fsp3) is 0.217. The standard InChI is InChI=1S/C23H22FN5O2/c24-19-11-9-18(10-12-19)23-27-26-20-13-14-22(28-29(20)23)31-16-15-25-21(30)8-4-7-17-5-2-1-3-6-17/h1-3,5-6,9-14H,4,7-8,15-16H2,(H,25,30). The first kappa shape index (κ1) is 20.5. The van der Waals surface area contributed by atoms with Crippen molar-refractivity contribution in [1.82, 2.24) is 25.1 Å². The zero-order valence-corrected chi connectivity index (χ0v) is 16.9. The van der Waals surface area contributed by atoms with E-state index < -0.39 is 0 Å². The van der Waals surface area contributed by atoms with Crippen LogP contribution in [0.15, 0.2) is 66.7 Å². The molecule has 7 nitrogen and oxygen atoms in total. The molecule has 0 unspecified atom stereocenters. The zero-order valence-electron chi connectivity index (χ0n) is 16.9. The number of nitrogens with one attached hydrogen (secondary N) is 1. The molecule has 0 spiro atoms. The smallest absolute Gasteiger partial charge is 0.231 e. The summed E-state index contributed by atoms with van der Waals surface area (Å²) >= 11 is 0. The first-order valence-electron chi connectivity index (χ1n) is 10.1. The molecule has 0 saturated carbocycles. The Hall–Kier alpha value is -3.81. The zero-order chi connectivity index (χ0) is 21.5. The Morgan fingerprint density at radius 3 is 2.61 bits per heavy atom. The minimum atomic E-state index is -0.323. The third kappa shape index (κ3) is 5.42. The lowest BCUT2D eigenvalue weighted by atomic mass is 10.1. The summed E-state index contributed by atoms with van der Waals surface area (Å²) in [6, 6.07) is 19.5. The van der Waals surface area contributed by atoms with Crippen LogP contribution in [0.4, 0.5) is 4.39 Å². The maximum absolute atomic E-state index is 13.2. The fourth-order valence-electron chi connectivity index (χ4n) is 3.16. The molecule has 8 heteroatoms. The van der Waals surface area contributed by atoms with Crippen LogP contribution in [-0.4, -0.2) is 38.9 Å². The van der Waals surface area contributed by atoms with E-state index in [4.69, 9.17) is 4.74 Å². The molecule has 1 N–H and O–H groups in total. The normalized spacial score (nSPS) is 10.9. The van der Waals surface area contributed by atoms with Crippen molar-refractivity contribution in [3.05, 3.63) is 78.1 Å². The number of benzene rings is 2. The molecule has 31 heavy (non-hydrogen) atoms. The van der Waals surface area contributed by atoms with Crippen molar-refractivity contribution in [2.75, 3.05) is 13.2 Å². The lowest BCUT2D eigenvalue weighted by molar-refractivity contribution is -0.121. The third-order valence-electron chi connectivity index (χ3n) is 4.73. The maximum atomic E-state index is 13.2. The second kappa shape index (κ2) is 9.80. The predicted octanol–water partition coefficient (Wildman–Crippen LogP) is 3.45. The lowest BCUT2D eigenvalue weighted by Gasteiger charge is -2.08. The number of carbonyl (C=O) groups excluding carboxylic acids is 1. The molecule has 2 heterocycles. The van der Waals surface area contributed by atoms with Crippen LogP contribution in [0, 0.1) is 5.82 Å². The van der Waals surface area contributed by atoms with Crippen LogP contribution >= 0.6 is 0 Å². The first-order valence-corrected chi connectivity index (χ1v) is 10.1. The highest BCUT2D eigenvalue weighted by atomic mass is 19.1. The highest BCUT2D eigenvalue weighted by molar-refractivity contribution is 5.75. The van der Waals surface area contributed by atoms with Gasteiger partial charge < -0.3 is 10.1 Å². The van der Waals surface area contributed by atoms with Crippen LogP contribution in [0.2, 0.25) is 0 Å². The number of ether oxygens (including phenoxy) is 1. The number of aryl methyl sites for hydroxylation is 1. The van der Waals surface area contributed by atoms with Gasteiger partial charge in [0.05, 0.1) is 6.54 Å². The summed E-state index contributed by atoms with van der Waals surface area (Å²) in [6.07, 6.45) is 2.15. The monoisotopic (exact) mass is 419 g/mol. The van der Waals surface area contributed by atoms with Crippen molar-refractivity contribution >= 4 is 11.6 Å². The molecule has 1 amide bonds. The number of amides is 1. The van der Waals surface area contributed by atoms with Crippen molar-refractivity contribution in [3.8, 4) is 17.3 Å². The molecule has 0 radical (unpaired) electrons. The molecular formula is C23H22FN5O2. The second-order valence-corrected chi connectivity index (χ2v) is 7.01. The molecule has 0 fully saturated rings. The molecule has 4 aromatic rings. The fourth-order valence-corrected chi connectivity index (χ4v) is 3.16. The number of aromatic nitrogens is 4. The van der Waals surface area contributed by atoms with Crippen LogP contribution in [0.1, 0.15) is 18.4 Å². The van der Waals surface area contributed by atoms with Crippen molar-refractivity contribution in [3.63, 3.8) is 0 Å². The van der Waals surface area contributed by atoms with Crippen LogP contribution < -0.4 is 10.1 Å². The van der Waals surface area contributed by atoms with E-state index in [9.17, 15) is 9.18 Å². The SMILES string of the molecule is O=C(CCCc1ccccc1)NCCOc1ccc2nnc(-c3ccc(F)cc3)n2n1. The van der Waals surface area contributed by atoms with Crippen LogP contribution in [0.5, 0.6) is 5.88 Å². The average molecular weight is 419 g/mol. The summed E-state index contributed by atoms with van der Waals surface area (Å²) in [7, 11) is 0. The topological polar surface area (TPSA) is 81.4 Å². The van der Waals surface area contributed by atoms with Gasteiger partial charge in [0.1, 0.15) is 12.4 Å².